The van der Waals surface area contributed by atoms with Crippen molar-refractivity contribution in [3.05, 3.63) is 69.3 Å². The number of anilines is 1. The molecule has 0 bridgehead atoms. The molecule has 0 spiro atoms. The van der Waals surface area contributed by atoms with Gasteiger partial charge in [0.2, 0.25) is 0 Å². The molecule has 160 valence electrons. The Bertz CT molecular complexity index is 957. The summed E-state index contributed by atoms with van der Waals surface area (Å²) in [5.74, 6) is -0.573. The van der Waals surface area contributed by atoms with Gasteiger partial charge < -0.3 is 15.8 Å². The van der Waals surface area contributed by atoms with Crippen LogP contribution in [0.25, 0.3) is 0 Å². The van der Waals surface area contributed by atoms with Crippen LogP contribution in [0.1, 0.15) is 34.3 Å². The van der Waals surface area contributed by atoms with Gasteiger partial charge >= 0.3 is 6.18 Å². The summed E-state index contributed by atoms with van der Waals surface area (Å²) in [6, 6.07) is 8.77. The van der Waals surface area contributed by atoms with Crippen molar-refractivity contribution in [1.82, 2.24) is 5.32 Å². The molecule has 1 aliphatic heterocycles. The fourth-order valence-corrected chi connectivity index (χ4v) is 3.55. The highest BCUT2D eigenvalue weighted by molar-refractivity contribution is 5.95. The summed E-state index contributed by atoms with van der Waals surface area (Å²) in [5, 5.41) is 13.8. The molecule has 30 heavy (non-hydrogen) atoms. The molecule has 1 saturated heterocycles. The number of benzene rings is 2. The lowest BCUT2D eigenvalue weighted by molar-refractivity contribution is -0.383. The molecule has 0 radical (unpaired) electrons. The molecule has 0 saturated carbocycles. The molecule has 0 unspecified atom stereocenters. The van der Waals surface area contributed by atoms with Crippen molar-refractivity contribution >= 4 is 17.3 Å². The van der Waals surface area contributed by atoms with Gasteiger partial charge in [-0.1, -0.05) is 18.2 Å². The molecule has 7 nitrogen and oxygen atoms in total. The third-order valence-electron chi connectivity index (χ3n) is 5.33. The number of nitrogens with zero attached hydrogens (tertiary/aromatic N) is 1. The molecule has 2 aromatic rings. The first-order valence-corrected chi connectivity index (χ1v) is 9.20. The zero-order chi connectivity index (χ0) is 21.9. The first-order valence-electron chi connectivity index (χ1n) is 9.20. The Morgan fingerprint density at radius 1 is 1.20 bits per heavy atom. The molecule has 3 rings (SSSR count). The van der Waals surface area contributed by atoms with Crippen LogP contribution in [0.4, 0.5) is 24.5 Å². The van der Waals surface area contributed by atoms with Gasteiger partial charge in [0.15, 0.2) is 0 Å². The van der Waals surface area contributed by atoms with Gasteiger partial charge in [-0.05, 0) is 36.6 Å². The summed E-state index contributed by atoms with van der Waals surface area (Å²) < 4.78 is 44.9. The summed E-state index contributed by atoms with van der Waals surface area (Å²) in [6.07, 6.45) is -3.62. The number of rotatable bonds is 5. The van der Waals surface area contributed by atoms with Gasteiger partial charge in [-0.25, -0.2) is 0 Å². The normalized spacial score (nSPS) is 16.1. The number of nitrogens with one attached hydrogen (secondary N) is 1. The molecule has 10 heteroatoms. The lowest BCUT2D eigenvalue weighted by atomic mass is 9.73. The standard InChI is InChI=1S/C20H20F3N3O4/c21-20(22,23)15-3-1-2-14(11-15)19(6-8-30-9-7-19)12-25-18(27)13-4-5-16(24)17(10-13)26(28)29/h1-5,10-11H,6-9,12,24H2,(H,25,27). The monoisotopic (exact) mass is 423 g/mol. The number of ether oxygens (including phenoxy) is 1. The minimum absolute atomic E-state index is 0.0437. The van der Waals surface area contributed by atoms with E-state index in [0.717, 1.165) is 18.2 Å². The number of carbonyl (C=O) groups excluding carboxylic acids is 1. The molecule has 0 atom stereocenters. The summed E-state index contributed by atoms with van der Waals surface area (Å²) in [7, 11) is 0. The summed E-state index contributed by atoms with van der Waals surface area (Å²) in [6.45, 7) is 0.758. The second-order valence-electron chi connectivity index (χ2n) is 7.18. The number of hydrogen-bond donors (Lipinski definition) is 2. The highest BCUT2D eigenvalue weighted by atomic mass is 19.4. The lowest BCUT2D eigenvalue weighted by Crippen LogP contribution is -2.44. The van der Waals surface area contributed by atoms with Crippen molar-refractivity contribution in [3.63, 3.8) is 0 Å². The fraction of sp³-hybridized carbons (Fsp3) is 0.350. The zero-order valence-electron chi connectivity index (χ0n) is 15.9. The number of nitro benzene ring substituents is 1. The van der Waals surface area contributed by atoms with Crippen LogP contribution in [0.3, 0.4) is 0 Å². The SMILES string of the molecule is Nc1ccc(C(=O)NCC2(c3cccc(C(F)(F)F)c3)CCOCC2)cc1[N+](=O)[O-]. The Morgan fingerprint density at radius 2 is 1.90 bits per heavy atom. The molecule has 0 aliphatic carbocycles. The summed E-state index contributed by atoms with van der Waals surface area (Å²) in [5.41, 5.74) is 4.10. The third kappa shape index (κ3) is 4.54. The van der Waals surface area contributed by atoms with Gasteiger partial charge in [-0.2, -0.15) is 13.2 Å². The fourth-order valence-electron chi connectivity index (χ4n) is 3.55. The van der Waals surface area contributed by atoms with Gasteiger partial charge in [0.1, 0.15) is 5.69 Å². The number of carbonyl (C=O) groups is 1. The maximum atomic E-state index is 13.2. The van der Waals surface area contributed by atoms with Crippen molar-refractivity contribution < 1.29 is 27.6 Å². The average Bonchev–Trinajstić information content (AvgIpc) is 2.72. The van der Waals surface area contributed by atoms with Gasteiger partial charge in [0.05, 0.1) is 10.5 Å². The van der Waals surface area contributed by atoms with Crippen LogP contribution in [-0.2, 0) is 16.3 Å². The molecule has 0 aromatic heterocycles. The van der Waals surface area contributed by atoms with E-state index in [1.165, 1.54) is 18.2 Å². The van der Waals surface area contributed by atoms with Crippen molar-refractivity contribution in [1.29, 1.82) is 0 Å². The van der Waals surface area contributed by atoms with E-state index in [1.54, 1.807) is 6.07 Å². The maximum Gasteiger partial charge on any atom is 0.416 e. The first-order chi connectivity index (χ1) is 14.1. The van der Waals surface area contributed by atoms with Crippen LogP contribution in [-0.4, -0.2) is 30.6 Å². The predicted molar refractivity (Wildman–Crippen MR) is 103 cm³/mol. The molecule has 1 amide bonds. The Hall–Kier alpha value is -3.14. The van der Waals surface area contributed by atoms with Gasteiger partial charge in [0, 0.05) is 36.8 Å². The van der Waals surface area contributed by atoms with Crippen molar-refractivity contribution in [2.24, 2.45) is 0 Å². The number of halogens is 3. The number of nitrogen functional groups attached to an aromatic ring is 1. The second kappa shape index (κ2) is 8.31. The van der Waals surface area contributed by atoms with Crippen LogP contribution >= 0.6 is 0 Å². The van der Waals surface area contributed by atoms with E-state index in [0.29, 0.717) is 31.6 Å². The lowest BCUT2D eigenvalue weighted by Gasteiger charge is -2.38. The highest BCUT2D eigenvalue weighted by Crippen LogP contribution is 2.38. The minimum atomic E-state index is -4.48. The summed E-state index contributed by atoms with van der Waals surface area (Å²) >= 11 is 0. The van der Waals surface area contributed by atoms with E-state index in [2.05, 4.69) is 5.32 Å². The molecule has 3 N–H and O–H groups in total. The van der Waals surface area contributed by atoms with Gasteiger partial charge in [-0.3, -0.25) is 14.9 Å². The number of amides is 1. The number of hydrogen-bond acceptors (Lipinski definition) is 5. The molecule has 1 heterocycles. The second-order valence-corrected chi connectivity index (χ2v) is 7.18. The Balaban J connectivity index is 1.85. The van der Waals surface area contributed by atoms with Crippen LogP contribution in [0.2, 0.25) is 0 Å². The van der Waals surface area contributed by atoms with E-state index in [-0.39, 0.29) is 23.5 Å². The van der Waals surface area contributed by atoms with Crippen LogP contribution in [0.5, 0.6) is 0 Å². The molecule has 1 aliphatic rings. The van der Waals surface area contributed by atoms with E-state index >= 15 is 0 Å². The number of nitro groups is 1. The molecular weight excluding hydrogens is 403 g/mol. The average molecular weight is 423 g/mol. The summed E-state index contributed by atoms with van der Waals surface area (Å²) in [4.78, 5) is 22.9. The van der Waals surface area contributed by atoms with Crippen molar-refractivity contribution in [2.45, 2.75) is 24.4 Å². The van der Waals surface area contributed by atoms with E-state index in [1.807, 2.05) is 0 Å². The number of nitrogens with two attached hydrogens (primary N) is 1. The zero-order valence-corrected chi connectivity index (χ0v) is 15.9. The van der Waals surface area contributed by atoms with Crippen molar-refractivity contribution in [2.75, 3.05) is 25.5 Å². The quantitative estimate of drug-likeness (QED) is 0.433. The predicted octanol–water partition coefficient (Wildman–Crippen LogP) is 3.67. The first kappa shape index (κ1) is 21.6. The Morgan fingerprint density at radius 3 is 2.53 bits per heavy atom. The minimum Gasteiger partial charge on any atom is -0.393 e. The van der Waals surface area contributed by atoms with Gasteiger partial charge in [-0.15, -0.1) is 0 Å². The third-order valence-corrected chi connectivity index (χ3v) is 5.33. The smallest absolute Gasteiger partial charge is 0.393 e. The van der Waals surface area contributed by atoms with Crippen LogP contribution in [0.15, 0.2) is 42.5 Å². The van der Waals surface area contributed by atoms with Gasteiger partial charge in [0.25, 0.3) is 11.6 Å². The highest BCUT2D eigenvalue weighted by Gasteiger charge is 2.37. The molecular formula is C20H20F3N3O4. The Labute approximate surface area is 170 Å². The van der Waals surface area contributed by atoms with Crippen molar-refractivity contribution in [3.8, 4) is 0 Å². The van der Waals surface area contributed by atoms with Crippen LogP contribution in [0, 0.1) is 10.1 Å². The molecule has 2 aromatic carbocycles. The topological polar surface area (TPSA) is 107 Å². The maximum absolute atomic E-state index is 13.2. The molecule has 1 fully saturated rings. The largest absolute Gasteiger partial charge is 0.416 e. The number of alkyl halides is 3. The van der Waals surface area contributed by atoms with E-state index < -0.39 is 28.0 Å². The van der Waals surface area contributed by atoms with E-state index in [4.69, 9.17) is 10.5 Å². The van der Waals surface area contributed by atoms with Crippen LogP contribution < -0.4 is 11.1 Å². The van der Waals surface area contributed by atoms with E-state index in [9.17, 15) is 28.1 Å². The Kier molecular flexibility index (Phi) is 5.97.